The average molecular weight is 279 g/mol. The second kappa shape index (κ2) is 5.82. The van der Waals surface area contributed by atoms with Gasteiger partial charge >= 0.3 is 0 Å². The van der Waals surface area contributed by atoms with E-state index in [1.807, 2.05) is 42.8 Å². The fourth-order valence-electron chi connectivity index (χ4n) is 2.31. The van der Waals surface area contributed by atoms with Gasteiger partial charge in [-0.05, 0) is 26.0 Å². The van der Waals surface area contributed by atoms with Gasteiger partial charge in [-0.3, -0.25) is 4.79 Å². The summed E-state index contributed by atoms with van der Waals surface area (Å²) in [4.78, 5) is 18.9. The van der Waals surface area contributed by atoms with Crippen molar-refractivity contribution < 1.29 is 4.79 Å². The lowest BCUT2D eigenvalue weighted by Crippen LogP contribution is -2.48. The van der Waals surface area contributed by atoms with E-state index in [9.17, 15) is 4.79 Å². The molecular formula is C14H21N3OS. The van der Waals surface area contributed by atoms with Gasteiger partial charge in [0.05, 0.1) is 0 Å². The molecule has 2 atom stereocenters. The van der Waals surface area contributed by atoms with Crippen LogP contribution in [0.4, 0.5) is 5.82 Å². The number of anilines is 1. The van der Waals surface area contributed by atoms with Crippen LogP contribution in [0.5, 0.6) is 0 Å². The highest BCUT2D eigenvalue weighted by molar-refractivity contribution is 8.00. The zero-order chi connectivity index (χ0) is 14.0. The lowest BCUT2D eigenvalue weighted by atomic mass is 10.1. The molecule has 104 valence electrons. The minimum absolute atomic E-state index is 0.113. The standard InChI is InChI=1S/C14H21N3OS/c1-9-7-12(8-13(15-4)16-9)14(18)17-5-6-19-11(3)10(17)2/h7-8,10-11H,5-6H2,1-4H3,(H,15,16). The van der Waals surface area contributed by atoms with Crippen LogP contribution in [-0.2, 0) is 0 Å². The summed E-state index contributed by atoms with van der Waals surface area (Å²) in [7, 11) is 1.82. The molecule has 1 fully saturated rings. The van der Waals surface area contributed by atoms with Gasteiger partial charge in [-0.15, -0.1) is 0 Å². The zero-order valence-electron chi connectivity index (χ0n) is 11.9. The molecule has 1 aromatic heterocycles. The van der Waals surface area contributed by atoms with Gasteiger partial charge < -0.3 is 10.2 Å². The molecule has 0 bridgehead atoms. The second-order valence-corrected chi connectivity index (χ2v) is 6.43. The maximum atomic E-state index is 12.6. The lowest BCUT2D eigenvalue weighted by molar-refractivity contribution is 0.0698. The average Bonchev–Trinajstić information content (AvgIpc) is 2.40. The number of nitrogens with one attached hydrogen (secondary N) is 1. The van der Waals surface area contributed by atoms with E-state index < -0.39 is 0 Å². The van der Waals surface area contributed by atoms with E-state index in [0.717, 1.165) is 29.4 Å². The van der Waals surface area contributed by atoms with Crippen molar-refractivity contribution in [3.63, 3.8) is 0 Å². The molecule has 5 heteroatoms. The Kier molecular flexibility index (Phi) is 4.34. The van der Waals surface area contributed by atoms with Crippen LogP contribution in [0.25, 0.3) is 0 Å². The van der Waals surface area contributed by atoms with Crippen LogP contribution in [0.2, 0.25) is 0 Å². The molecule has 1 aliphatic rings. The maximum absolute atomic E-state index is 12.6. The first-order valence-electron chi connectivity index (χ1n) is 6.62. The Morgan fingerprint density at radius 1 is 1.47 bits per heavy atom. The third kappa shape index (κ3) is 3.03. The van der Waals surface area contributed by atoms with Gasteiger partial charge in [0.2, 0.25) is 0 Å². The number of pyridine rings is 1. The molecule has 2 unspecified atom stereocenters. The normalized spacial score (nSPS) is 23.3. The summed E-state index contributed by atoms with van der Waals surface area (Å²) in [5.74, 6) is 1.87. The SMILES string of the molecule is CNc1cc(C(=O)N2CCSC(C)C2C)cc(C)n1. The van der Waals surface area contributed by atoms with Crippen molar-refractivity contribution in [3.05, 3.63) is 23.4 Å². The van der Waals surface area contributed by atoms with Gasteiger partial charge in [0.25, 0.3) is 5.91 Å². The zero-order valence-corrected chi connectivity index (χ0v) is 12.8. The van der Waals surface area contributed by atoms with Gasteiger partial charge in [-0.2, -0.15) is 11.8 Å². The number of aromatic nitrogens is 1. The number of aryl methyl sites for hydroxylation is 1. The number of rotatable bonds is 2. The molecular weight excluding hydrogens is 258 g/mol. The first kappa shape index (κ1) is 14.2. The summed E-state index contributed by atoms with van der Waals surface area (Å²) in [6.45, 7) is 7.05. The van der Waals surface area contributed by atoms with Crippen molar-refractivity contribution in [2.45, 2.75) is 32.1 Å². The molecule has 1 amide bonds. The lowest BCUT2D eigenvalue weighted by Gasteiger charge is -2.37. The van der Waals surface area contributed by atoms with Crippen LogP contribution in [0.3, 0.4) is 0 Å². The van der Waals surface area contributed by atoms with Gasteiger partial charge in [0, 0.05) is 41.9 Å². The number of carbonyl (C=O) groups is 1. The first-order valence-corrected chi connectivity index (χ1v) is 7.67. The number of hydrogen-bond acceptors (Lipinski definition) is 4. The van der Waals surface area contributed by atoms with Crippen LogP contribution in [0, 0.1) is 6.92 Å². The van der Waals surface area contributed by atoms with Crippen molar-refractivity contribution in [3.8, 4) is 0 Å². The van der Waals surface area contributed by atoms with Crippen LogP contribution >= 0.6 is 11.8 Å². The number of amides is 1. The van der Waals surface area contributed by atoms with E-state index in [1.54, 1.807) is 0 Å². The number of nitrogens with zero attached hydrogens (tertiary/aromatic N) is 2. The Morgan fingerprint density at radius 2 is 2.21 bits per heavy atom. The predicted molar refractivity (Wildman–Crippen MR) is 80.9 cm³/mol. The third-order valence-corrected chi connectivity index (χ3v) is 4.94. The number of hydrogen-bond donors (Lipinski definition) is 1. The molecule has 1 aromatic rings. The Balaban J connectivity index is 2.25. The van der Waals surface area contributed by atoms with Gasteiger partial charge in [0.1, 0.15) is 5.82 Å². The predicted octanol–water partition coefficient (Wildman–Crippen LogP) is 2.40. The van der Waals surface area contributed by atoms with E-state index in [2.05, 4.69) is 24.1 Å². The monoisotopic (exact) mass is 279 g/mol. The smallest absolute Gasteiger partial charge is 0.254 e. The second-order valence-electron chi connectivity index (χ2n) is 4.95. The Labute approximate surface area is 119 Å². The largest absolute Gasteiger partial charge is 0.373 e. The maximum Gasteiger partial charge on any atom is 0.254 e. The minimum atomic E-state index is 0.113. The van der Waals surface area contributed by atoms with E-state index in [1.165, 1.54) is 0 Å². The molecule has 0 aliphatic carbocycles. The van der Waals surface area contributed by atoms with Gasteiger partial charge in [-0.25, -0.2) is 4.98 Å². The van der Waals surface area contributed by atoms with E-state index in [4.69, 9.17) is 0 Å². The highest BCUT2D eigenvalue weighted by atomic mass is 32.2. The summed E-state index contributed by atoms with van der Waals surface area (Å²) in [6, 6.07) is 3.97. The molecule has 4 nitrogen and oxygen atoms in total. The molecule has 1 saturated heterocycles. The van der Waals surface area contributed by atoms with Crippen molar-refractivity contribution >= 4 is 23.5 Å². The minimum Gasteiger partial charge on any atom is -0.373 e. The Bertz CT molecular complexity index is 478. The van der Waals surface area contributed by atoms with E-state index >= 15 is 0 Å². The van der Waals surface area contributed by atoms with Crippen molar-refractivity contribution in [1.29, 1.82) is 0 Å². The van der Waals surface area contributed by atoms with Crippen molar-refractivity contribution in [2.75, 3.05) is 24.7 Å². The summed E-state index contributed by atoms with van der Waals surface area (Å²) in [6.07, 6.45) is 0. The Hall–Kier alpha value is -1.23. The van der Waals surface area contributed by atoms with Crippen LogP contribution in [0.15, 0.2) is 12.1 Å². The summed E-state index contributed by atoms with van der Waals surface area (Å²) >= 11 is 1.93. The molecule has 2 rings (SSSR count). The quantitative estimate of drug-likeness (QED) is 0.903. The van der Waals surface area contributed by atoms with E-state index in [-0.39, 0.29) is 11.9 Å². The molecule has 0 spiro atoms. The van der Waals surface area contributed by atoms with Gasteiger partial charge in [0.15, 0.2) is 0 Å². The number of thioether (sulfide) groups is 1. The number of carbonyl (C=O) groups excluding carboxylic acids is 1. The highest BCUT2D eigenvalue weighted by Crippen LogP contribution is 2.26. The van der Waals surface area contributed by atoms with Crippen LogP contribution < -0.4 is 5.32 Å². The Morgan fingerprint density at radius 3 is 2.89 bits per heavy atom. The molecule has 0 saturated carbocycles. The molecule has 1 N–H and O–H groups in total. The van der Waals surface area contributed by atoms with Crippen LogP contribution in [-0.4, -0.2) is 46.4 Å². The fraction of sp³-hybridized carbons (Fsp3) is 0.571. The molecule has 2 heterocycles. The summed E-state index contributed by atoms with van der Waals surface area (Å²) in [5, 5.41) is 3.49. The molecule has 0 radical (unpaired) electrons. The van der Waals surface area contributed by atoms with Crippen LogP contribution in [0.1, 0.15) is 29.9 Å². The molecule has 0 aromatic carbocycles. The summed E-state index contributed by atoms with van der Waals surface area (Å²) < 4.78 is 0. The third-order valence-electron chi connectivity index (χ3n) is 3.60. The van der Waals surface area contributed by atoms with Gasteiger partial charge in [-0.1, -0.05) is 6.92 Å². The molecule has 19 heavy (non-hydrogen) atoms. The topological polar surface area (TPSA) is 45.2 Å². The van der Waals surface area contributed by atoms with Crippen molar-refractivity contribution in [1.82, 2.24) is 9.88 Å². The van der Waals surface area contributed by atoms with Crippen molar-refractivity contribution in [2.24, 2.45) is 0 Å². The summed E-state index contributed by atoms with van der Waals surface area (Å²) in [5.41, 5.74) is 1.59. The first-order chi connectivity index (χ1) is 9.02. The molecule has 1 aliphatic heterocycles. The highest BCUT2D eigenvalue weighted by Gasteiger charge is 2.29. The fourth-order valence-corrected chi connectivity index (χ4v) is 3.40. The van der Waals surface area contributed by atoms with E-state index in [0.29, 0.717) is 5.25 Å².